The number of aromatic amines is 2. The highest BCUT2D eigenvalue weighted by Crippen LogP contribution is 2.14. The molecule has 2 heterocycles. The van der Waals surface area contributed by atoms with Crippen molar-refractivity contribution in [2.75, 3.05) is 0 Å². The largest absolute Gasteiger partial charge is 0.353 e. The lowest BCUT2D eigenvalue weighted by molar-refractivity contribution is -0.121. The van der Waals surface area contributed by atoms with E-state index in [1.807, 2.05) is 20.8 Å². The third kappa shape index (κ3) is 3.38. The second-order valence-electron chi connectivity index (χ2n) is 6.38. The smallest absolute Gasteiger partial charge is 0.273 e. The summed E-state index contributed by atoms with van der Waals surface area (Å²) in [5, 5.41) is 6.01. The fraction of sp³-hybridized carbons (Fsp3) is 0.562. The van der Waals surface area contributed by atoms with Crippen LogP contribution >= 0.6 is 0 Å². The number of hydrogen-bond donors (Lipinski definition) is 3. The molecule has 2 aromatic rings. The number of nitrogens with zero attached hydrogens (tertiary/aromatic N) is 1. The number of rotatable bonds is 5. The highest BCUT2D eigenvalue weighted by atomic mass is 16.2. The van der Waals surface area contributed by atoms with E-state index < -0.39 is 0 Å². The second kappa shape index (κ2) is 6.44. The van der Waals surface area contributed by atoms with Crippen LogP contribution in [0.25, 0.3) is 11.0 Å². The fourth-order valence-electron chi connectivity index (χ4n) is 2.57. The zero-order valence-corrected chi connectivity index (χ0v) is 14.2. The summed E-state index contributed by atoms with van der Waals surface area (Å²) in [7, 11) is 1.67. The Hall–Kier alpha value is -2.31. The number of carbonyl (C=O) groups is 1. The third-order valence-electron chi connectivity index (χ3n) is 4.39. The molecule has 0 radical (unpaired) electrons. The van der Waals surface area contributed by atoms with E-state index in [9.17, 15) is 14.4 Å². The molecule has 0 unspecified atom stereocenters. The summed E-state index contributed by atoms with van der Waals surface area (Å²) in [5.41, 5.74) is 1.10. The first-order valence-corrected chi connectivity index (χ1v) is 7.82. The van der Waals surface area contributed by atoms with Gasteiger partial charge in [0, 0.05) is 25.1 Å². The van der Waals surface area contributed by atoms with Gasteiger partial charge in [-0.2, -0.15) is 0 Å². The van der Waals surface area contributed by atoms with Gasteiger partial charge in [-0.3, -0.25) is 24.2 Å². The van der Waals surface area contributed by atoms with Crippen LogP contribution < -0.4 is 16.4 Å². The van der Waals surface area contributed by atoms with Crippen LogP contribution in [0, 0.1) is 12.8 Å². The predicted molar refractivity (Wildman–Crippen MR) is 89.7 cm³/mol. The van der Waals surface area contributed by atoms with E-state index in [2.05, 4.69) is 15.4 Å². The van der Waals surface area contributed by atoms with Crippen LogP contribution in [-0.4, -0.2) is 26.7 Å². The van der Waals surface area contributed by atoms with Crippen LogP contribution in [0.15, 0.2) is 9.59 Å². The lowest BCUT2D eigenvalue weighted by Gasteiger charge is -2.17. The standard InChI is InChI=1S/C16H24N4O3/c1-8(2)10(4)17-12(21)7-6-11-9(3)13-14(18-15(11)22)20(5)19-16(13)23/h8,10H,6-7H2,1-5H3,(H,17,21)(H,18,22)(H,19,23)/t10-/m0/s1. The van der Waals surface area contributed by atoms with Crippen molar-refractivity contribution in [1.82, 2.24) is 20.1 Å². The highest BCUT2D eigenvalue weighted by molar-refractivity contribution is 5.80. The molecule has 2 aromatic heterocycles. The average Bonchev–Trinajstić information content (AvgIpc) is 2.73. The second-order valence-corrected chi connectivity index (χ2v) is 6.38. The van der Waals surface area contributed by atoms with Crippen molar-refractivity contribution < 1.29 is 4.79 Å². The van der Waals surface area contributed by atoms with Gasteiger partial charge in [-0.15, -0.1) is 0 Å². The van der Waals surface area contributed by atoms with E-state index in [0.717, 1.165) is 0 Å². The topological polar surface area (TPSA) is 99.8 Å². The Morgan fingerprint density at radius 3 is 2.48 bits per heavy atom. The molecule has 0 fully saturated rings. The zero-order chi connectivity index (χ0) is 17.3. The molecule has 126 valence electrons. The van der Waals surface area contributed by atoms with Gasteiger partial charge in [0.05, 0.1) is 5.39 Å². The van der Waals surface area contributed by atoms with Gasteiger partial charge in [-0.25, -0.2) is 0 Å². The molecule has 7 heteroatoms. The van der Waals surface area contributed by atoms with E-state index in [1.165, 1.54) is 4.68 Å². The minimum absolute atomic E-state index is 0.0846. The van der Waals surface area contributed by atoms with Crippen molar-refractivity contribution in [1.29, 1.82) is 0 Å². The molecule has 0 saturated carbocycles. The van der Waals surface area contributed by atoms with Gasteiger partial charge in [0.1, 0.15) is 5.65 Å². The van der Waals surface area contributed by atoms with Gasteiger partial charge in [-0.05, 0) is 31.7 Å². The number of aryl methyl sites for hydroxylation is 2. The molecule has 0 aliphatic carbocycles. The minimum atomic E-state index is -0.255. The molecular formula is C16H24N4O3. The predicted octanol–water partition coefficient (Wildman–Crippen LogP) is 0.957. The molecule has 0 aromatic carbocycles. The summed E-state index contributed by atoms with van der Waals surface area (Å²) >= 11 is 0. The third-order valence-corrected chi connectivity index (χ3v) is 4.39. The number of pyridine rings is 1. The number of H-pyrrole nitrogens is 2. The van der Waals surface area contributed by atoms with Gasteiger partial charge in [0.25, 0.3) is 11.1 Å². The lowest BCUT2D eigenvalue weighted by Crippen LogP contribution is -2.36. The Bertz CT molecular complexity index is 841. The maximum atomic E-state index is 12.2. The Kier molecular flexibility index (Phi) is 4.77. The average molecular weight is 320 g/mol. The van der Waals surface area contributed by atoms with E-state index in [0.29, 0.717) is 34.5 Å². The molecule has 0 spiro atoms. The van der Waals surface area contributed by atoms with Gasteiger partial charge < -0.3 is 10.3 Å². The molecule has 1 atom stereocenters. The summed E-state index contributed by atoms with van der Waals surface area (Å²) in [5.74, 6) is 0.260. The number of carbonyl (C=O) groups excluding carboxylic acids is 1. The SMILES string of the molecule is Cc1c(CCC(=O)N[C@@H](C)C(C)C)c(=O)[nH]c2c1c(=O)[nH]n2C. The zero-order valence-electron chi connectivity index (χ0n) is 14.2. The maximum Gasteiger partial charge on any atom is 0.273 e. The number of nitrogens with one attached hydrogen (secondary N) is 3. The van der Waals surface area contributed by atoms with Crippen molar-refractivity contribution in [2.45, 2.75) is 46.6 Å². The van der Waals surface area contributed by atoms with Gasteiger partial charge >= 0.3 is 0 Å². The van der Waals surface area contributed by atoms with Crippen LogP contribution in [0.2, 0.25) is 0 Å². The first-order chi connectivity index (χ1) is 10.7. The van der Waals surface area contributed by atoms with Crippen LogP contribution in [0.5, 0.6) is 0 Å². The molecule has 3 N–H and O–H groups in total. The van der Waals surface area contributed by atoms with Gasteiger partial charge in [-0.1, -0.05) is 13.8 Å². The highest BCUT2D eigenvalue weighted by Gasteiger charge is 2.16. The van der Waals surface area contributed by atoms with E-state index in [1.54, 1.807) is 14.0 Å². The lowest BCUT2D eigenvalue weighted by atomic mass is 10.0. The van der Waals surface area contributed by atoms with Crippen molar-refractivity contribution >= 4 is 16.9 Å². The molecule has 0 aliphatic heterocycles. The molecule has 0 aliphatic rings. The first-order valence-electron chi connectivity index (χ1n) is 7.82. The molecule has 7 nitrogen and oxygen atoms in total. The quantitative estimate of drug-likeness (QED) is 0.765. The summed E-state index contributed by atoms with van der Waals surface area (Å²) in [4.78, 5) is 38.9. The first kappa shape index (κ1) is 17.1. The van der Waals surface area contributed by atoms with Crippen LogP contribution in [-0.2, 0) is 18.3 Å². The molecule has 0 saturated heterocycles. The normalized spacial score (nSPS) is 12.8. The summed E-state index contributed by atoms with van der Waals surface area (Å²) in [6.07, 6.45) is 0.527. The van der Waals surface area contributed by atoms with E-state index >= 15 is 0 Å². The molecule has 2 rings (SSSR count). The van der Waals surface area contributed by atoms with E-state index in [4.69, 9.17) is 0 Å². The number of aromatic nitrogens is 3. The Morgan fingerprint density at radius 2 is 1.87 bits per heavy atom. The Balaban J connectivity index is 2.24. The summed E-state index contributed by atoms with van der Waals surface area (Å²) in [6, 6.07) is 0.0846. The van der Waals surface area contributed by atoms with Crippen LogP contribution in [0.3, 0.4) is 0 Å². The van der Waals surface area contributed by atoms with Crippen LogP contribution in [0.4, 0.5) is 0 Å². The maximum absolute atomic E-state index is 12.2. The number of hydrogen-bond acceptors (Lipinski definition) is 3. The number of amides is 1. The van der Waals surface area contributed by atoms with Crippen molar-refractivity contribution in [2.24, 2.45) is 13.0 Å². The summed E-state index contributed by atoms with van der Waals surface area (Å²) < 4.78 is 1.49. The van der Waals surface area contributed by atoms with Crippen molar-refractivity contribution in [3.63, 3.8) is 0 Å². The fourth-order valence-corrected chi connectivity index (χ4v) is 2.57. The van der Waals surface area contributed by atoms with Crippen LogP contribution in [0.1, 0.15) is 38.3 Å². The van der Waals surface area contributed by atoms with E-state index in [-0.39, 0.29) is 29.5 Å². The number of fused-ring (bicyclic) bond motifs is 1. The molecule has 23 heavy (non-hydrogen) atoms. The summed E-state index contributed by atoms with van der Waals surface area (Å²) in [6.45, 7) is 7.78. The molecule has 1 amide bonds. The Labute approximate surface area is 134 Å². The minimum Gasteiger partial charge on any atom is -0.353 e. The van der Waals surface area contributed by atoms with Crippen molar-refractivity contribution in [3.8, 4) is 0 Å². The molecular weight excluding hydrogens is 296 g/mol. The Morgan fingerprint density at radius 1 is 1.22 bits per heavy atom. The van der Waals surface area contributed by atoms with Gasteiger partial charge in [0.2, 0.25) is 5.91 Å². The monoisotopic (exact) mass is 320 g/mol. The van der Waals surface area contributed by atoms with Crippen molar-refractivity contribution in [3.05, 3.63) is 31.8 Å². The van der Waals surface area contributed by atoms with Gasteiger partial charge in [0.15, 0.2) is 0 Å². The molecule has 0 bridgehead atoms.